The van der Waals surface area contributed by atoms with Gasteiger partial charge in [-0.15, -0.1) is 0 Å². The van der Waals surface area contributed by atoms with E-state index < -0.39 is 10.0 Å². The van der Waals surface area contributed by atoms with Crippen molar-refractivity contribution in [3.05, 3.63) is 35.4 Å². The highest BCUT2D eigenvalue weighted by atomic mass is 32.2. The normalized spacial score (nSPS) is 22.6. The number of rotatable bonds is 4. The van der Waals surface area contributed by atoms with Crippen LogP contribution in [-0.2, 0) is 15.8 Å². The Morgan fingerprint density at radius 3 is 2.85 bits per heavy atom. The largest absolute Gasteiger partial charge is 0.328 e. The Morgan fingerprint density at radius 2 is 2.20 bits per heavy atom. The third-order valence-corrected chi connectivity index (χ3v) is 5.81. The van der Waals surface area contributed by atoms with Gasteiger partial charge in [0.05, 0.1) is 5.75 Å². The van der Waals surface area contributed by atoms with Crippen LogP contribution in [0.25, 0.3) is 0 Å². The molecule has 5 heteroatoms. The molecule has 2 rings (SSSR count). The zero-order valence-electron chi connectivity index (χ0n) is 12.2. The molecule has 0 aromatic heterocycles. The molecule has 4 nitrogen and oxygen atoms in total. The number of nitrogens with zero attached hydrogens (tertiary/aromatic N) is 1. The Balaban J connectivity index is 2.10. The van der Waals surface area contributed by atoms with Crippen LogP contribution in [0, 0.1) is 12.8 Å². The Bertz CT molecular complexity index is 555. The summed E-state index contributed by atoms with van der Waals surface area (Å²) in [5.41, 5.74) is 7.87. The lowest BCUT2D eigenvalue weighted by Gasteiger charge is -2.33. The van der Waals surface area contributed by atoms with Gasteiger partial charge in [-0.3, -0.25) is 0 Å². The first-order valence-corrected chi connectivity index (χ1v) is 8.78. The summed E-state index contributed by atoms with van der Waals surface area (Å²) >= 11 is 0. The lowest BCUT2D eigenvalue weighted by molar-refractivity contribution is 0.243. The van der Waals surface area contributed by atoms with E-state index in [1.165, 1.54) is 0 Å². The predicted molar refractivity (Wildman–Crippen MR) is 81.7 cm³/mol. The quantitative estimate of drug-likeness (QED) is 0.923. The smallest absolute Gasteiger partial charge is 0.218 e. The monoisotopic (exact) mass is 296 g/mol. The summed E-state index contributed by atoms with van der Waals surface area (Å²) < 4.78 is 26.7. The van der Waals surface area contributed by atoms with Gasteiger partial charge in [0, 0.05) is 19.1 Å². The second kappa shape index (κ2) is 6.24. The SMILES string of the molecule is Cc1cccc(CS(=O)(=O)N2CCC[C@@H]([C@H](C)N)C2)c1. The Hall–Kier alpha value is -0.910. The number of aryl methyl sites for hydroxylation is 1. The molecule has 0 spiro atoms. The Labute approximate surface area is 122 Å². The highest BCUT2D eigenvalue weighted by Gasteiger charge is 2.30. The first kappa shape index (κ1) is 15.5. The molecular formula is C15H24N2O2S. The van der Waals surface area contributed by atoms with Crippen LogP contribution in [0.1, 0.15) is 30.9 Å². The van der Waals surface area contributed by atoms with Crippen molar-refractivity contribution in [3.8, 4) is 0 Å². The summed E-state index contributed by atoms with van der Waals surface area (Å²) in [6.07, 6.45) is 1.92. The number of piperidine rings is 1. The maximum Gasteiger partial charge on any atom is 0.218 e. The molecule has 20 heavy (non-hydrogen) atoms. The summed E-state index contributed by atoms with van der Waals surface area (Å²) in [5.74, 6) is 0.358. The number of hydrogen-bond acceptors (Lipinski definition) is 3. The van der Waals surface area contributed by atoms with Gasteiger partial charge in [-0.05, 0) is 38.2 Å². The van der Waals surface area contributed by atoms with Crippen LogP contribution < -0.4 is 5.73 Å². The minimum absolute atomic E-state index is 0.0481. The molecule has 1 aromatic carbocycles. The topological polar surface area (TPSA) is 63.4 Å². The van der Waals surface area contributed by atoms with Gasteiger partial charge < -0.3 is 5.73 Å². The van der Waals surface area contributed by atoms with E-state index in [0.29, 0.717) is 13.1 Å². The maximum atomic E-state index is 12.5. The summed E-state index contributed by atoms with van der Waals surface area (Å²) in [4.78, 5) is 0. The standard InChI is InChI=1S/C15H24N2O2S/c1-12-5-3-6-14(9-12)11-20(18,19)17-8-4-7-15(10-17)13(2)16/h3,5-6,9,13,15H,4,7-8,10-11,16H2,1-2H3/t13-,15+/m0/s1. The average Bonchev–Trinajstić information content (AvgIpc) is 2.38. The fourth-order valence-electron chi connectivity index (χ4n) is 2.76. The molecule has 0 saturated carbocycles. The van der Waals surface area contributed by atoms with Gasteiger partial charge >= 0.3 is 0 Å². The zero-order valence-corrected chi connectivity index (χ0v) is 13.1. The molecule has 0 radical (unpaired) electrons. The van der Waals surface area contributed by atoms with Gasteiger partial charge in [-0.2, -0.15) is 0 Å². The van der Waals surface area contributed by atoms with Gasteiger partial charge in [-0.1, -0.05) is 29.8 Å². The van der Waals surface area contributed by atoms with E-state index >= 15 is 0 Å². The van der Waals surface area contributed by atoms with Crippen LogP contribution >= 0.6 is 0 Å². The highest BCUT2D eigenvalue weighted by molar-refractivity contribution is 7.88. The molecule has 0 bridgehead atoms. The van der Waals surface area contributed by atoms with Crippen LogP contribution in [-0.4, -0.2) is 31.9 Å². The second-order valence-electron chi connectivity index (χ2n) is 5.86. The summed E-state index contributed by atoms with van der Waals surface area (Å²) in [6.45, 7) is 5.12. The number of sulfonamides is 1. The molecule has 2 N–H and O–H groups in total. The van der Waals surface area contributed by atoms with E-state index in [1.54, 1.807) is 4.31 Å². The fraction of sp³-hybridized carbons (Fsp3) is 0.600. The van der Waals surface area contributed by atoms with E-state index in [-0.39, 0.29) is 17.7 Å². The molecule has 1 fully saturated rings. The minimum atomic E-state index is -3.24. The third-order valence-electron chi connectivity index (χ3n) is 3.99. The van der Waals surface area contributed by atoms with E-state index in [9.17, 15) is 8.42 Å². The van der Waals surface area contributed by atoms with E-state index in [4.69, 9.17) is 5.73 Å². The molecule has 0 unspecified atom stereocenters. The second-order valence-corrected chi connectivity index (χ2v) is 7.83. The van der Waals surface area contributed by atoms with Gasteiger partial charge in [0.25, 0.3) is 0 Å². The van der Waals surface area contributed by atoms with Crippen molar-refractivity contribution in [1.29, 1.82) is 0 Å². The minimum Gasteiger partial charge on any atom is -0.328 e. The molecule has 1 aliphatic heterocycles. The average molecular weight is 296 g/mol. The van der Waals surface area contributed by atoms with Crippen molar-refractivity contribution < 1.29 is 8.42 Å². The molecule has 2 atom stereocenters. The van der Waals surface area contributed by atoms with Crippen LogP contribution in [0.15, 0.2) is 24.3 Å². The Kier molecular flexibility index (Phi) is 4.83. The third kappa shape index (κ3) is 3.81. The van der Waals surface area contributed by atoms with Crippen molar-refractivity contribution in [2.24, 2.45) is 11.7 Å². The lowest BCUT2D eigenvalue weighted by atomic mass is 9.93. The molecule has 0 aliphatic carbocycles. The van der Waals surface area contributed by atoms with Crippen LogP contribution in [0.2, 0.25) is 0 Å². The van der Waals surface area contributed by atoms with Crippen molar-refractivity contribution in [2.45, 2.75) is 38.5 Å². The van der Waals surface area contributed by atoms with E-state index in [0.717, 1.165) is 24.0 Å². The number of hydrogen-bond donors (Lipinski definition) is 1. The molecular weight excluding hydrogens is 272 g/mol. The highest BCUT2D eigenvalue weighted by Crippen LogP contribution is 2.23. The molecule has 1 aliphatic rings. The van der Waals surface area contributed by atoms with E-state index in [1.807, 2.05) is 38.1 Å². The van der Waals surface area contributed by atoms with Crippen LogP contribution in [0.5, 0.6) is 0 Å². The maximum absolute atomic E-state index is 12.5. The fourth-order valence-corrected chi connectivity index (χ4v) is 4.37. The summed E-state index contributed by atoms with van der Waals surface area (Å²) in [5, 5.41) is 0. The first-order valence-electron chi connectivity index (χ1n) is 7.17. The summed E-state index contributed by atoms with van der Waals surface area (Å²) in [6, 6.07) is 7.73. The predicted octanol–water partition coefficient (Wildman–Crippen LogP) is 1.88. The van der Waals surface area contributed by atoms with Gasteiger partial charge in [0.1, 0.15) is 0 Å². The van der Waals surface area contributed by atoms with Crippen LogP contribution in [0.4, 0.5) is 0 Å². The molecule has 1 saturated heterocycles. The number of nitrogens with two attached hydrogens (primary N) is 1. The first-order chi connectivity index (χ1) is 9.38. The molecule has 0 amide bonds. The van der Waals surface area contributed by atoms with Gasteiger partial charge in [0.2, 0.25) is 10.0 Å². The van der Waals surface area contributed by atoms with Crippen molar-refractivity contribution in [3.63, 3.8) is 0 Å². The van der Waals surface area contributed by atoms with Crippen molar-refractivity contribution >= 4 is 10.0 Å². The van der Waals surface area contributed by atoms with E-state index in [2.05, 4.69) is 0 Å². The van der Waals surface area contributed by atoms with Crippen molar-refractivity contribution in [2.75, 3.05) is 13.1 Å². The van der Waals surface area contributed by atoms with Gasteiger partial charge in [-0.25, -0.2) is 12.7 Å². The lowest BCUT2D eigenvalue weighted by Crippen LogP contribution is -2.45. The van der Waals surface area contributed by atoms with Crippen LogP contribution in [0.3, 0.4) is 0 Å². The number of benzene rings is 1. The summed E-state index contributed by atoms with van der Waals surface area (Å²) in [7, 11) is -3.24. The van der Waals surface area contributed by atoms with Gasteiger partial charge in [0.15, 0.2) is 0 Å². The molecule has 112 valence electrons. The molecule has 1 heterocycles. The zero-order chi connectivity index (χ0) is 14.8. The Morgan fingerprint density at radius 1 is 1.45 bits per heavy atom. The molecule has 1 aromatic rings. The van der Waals surface area contributed by atoms with Crippen molar-refractivity contribution in [1.82, 2.24) is 4.31 Å².